The predicted octanol–water partition coefficient (Wildman–Crippen LogP) is 3.50. The van der Waals surface area contributed by atoms with Crippen LogP contribution in [0.5, 0.6) is 5.75 Å². The summed E-state index contributed by atoms with van der Waals surface area (Å²) in [6, 6.07) is 12.6. The number of methoxy groups -OCH3 is 1. The first-order chi connectivity index (χ1) is 15.9. The van der Waals surface area contributed by atoms with Crippen LogP contribution in [0.3, 0.4) is 0 Å². The fourth-order valence-electron chi connectivity index (χ4n) is 3.69. The van der Waals surface area contributed by atoms with Crippen LogP contribution in [-0.4, -0.2) is 46.0 Å². The second-order valence-electron chi connectivity index (χ2n) is 7.71. The largest absolute Gasteiger partial charge is 0.497 e. The van der Waals surface area contributed by atoms with Crippen LogP contribution in [0.25, 0.3) is 11.4 Å². The Balaban J connectivity index is 1.50. The number of rotatable bonds is 8. The zero-order chi connectivity index (χ0) is 23.5. The summed E-state index contributed by atoms with van der Waals surface area (Å²) in [5.41, 5.74) is 1.24. The summed E-state index contributed by atoms with van der Waals surface area (Å²) in [4.78, 5) is 44.1. The molecule has 1 aliphatic heterocycles. The quantitative estimate of drug-likeness (QED) is 0.379. The van der Waals surface area contributed by atoms with E-state index in [1.54, 1.807) is 62.6 Å². The molecule has 9 nitrogen and oxygen atoms in total. The second-order valence-corrected chi connectivity index (χ2v) is 7.71. The van der Waals surface area contributed by atoms with Crippen LogP contribution in [0.1, 0.15) is 46.9 Å². The lowest BCUT2D eigenvalue weighted by Gasteiger charge is -2.28. The Kier molecular flexibility index (Phi) is 6.21. The maximum atomic E-state index is 13.0. The number of fused-ring (bicyclic) bond motifs is 1. The van der Waals surface area contributed by atoms with Gasteiger partial charge < -0.3 is 14.0 Å². The molecule has 2 aromatic carbocycles. The smallest absolute Gasteiger partial charge is 0.330 e. The Bertz CT molecular complexity index is 1170. The van der Waals surface area contributed by atoms with E-state index in [1.165, 1.54) is 0 Å². The highest BCUT2D eigenvalue weighted by Gasteiger charge is 2.45. The zero-order valence-corrected chi connectivity index (χ0v) is 18.5. The number of esters is 1. The van der Waals surface area contributed by atoms with E-state index in [-0.39, 0.29) is 29.5 Å². The number of carbonyl (C=O) groups excluding carboxylic acids is 3. The molecule has 0 radical (unpaired) electrons. The van der Waals surface area contributed by atoms with Crippen molar-refractivity contribution in [2.45, 2.75) is 32.9 Å². The standard InChI is InChI=1S/C24H23N3O6/c1-4-14(2)20(27-22(28)17-10-5-6-11-18(17)23(27)29)24(30)32-13-19-25-21(26-33-19)15-8-7-9-16(12-15)31-3/h5-12,14,20H,4,13H2,1-3H3/t14-,20-/m0/s1. The van der Waals surface area contributed by atoms with Crippen molar-refractivity contribution < 1.29 is 28.4 Å². The molecule has 0 spiro atoms. The van der Waals surface area contributed by atoms with E-state index in [1.807, 2.05) is 6.92 Å². The molecule has 2 amide bonds. The summed E-state index contributed by atoms with van der Waals surface area (Å²) in [7, 11) is 1.56. The molecule has 0 saturated heterocycles. The molecule has 1 aromatic heterocycles. The maximum absolute atomic E-state index is 13.0. The van der Waals surface area contributed by atoms with E-state index in [4.69, 9.17) is 14.0 Å². The molecule has 0 aliphatic carbocycles. The van der Waals surface area contributed by atoms with Gasteiger partial charge in [0, 0.05) is 5.56 Å². The van der Waals surface area contributed by atoms with E-state index < -0.39 is 23.8 Å². The minimum absolute atomic E-state index is 0.0893. The third-order valence-electron chi connectivity index (χ3n) is 5.66. The number of benzene rings is 2. The van der Waals surface area contributed by atoms with Crippen molar-refractivity contribution in [1.29, 1.82) is 0 Å². The van der Waals surface area contributed by atoms with Crippen LogP contribution < -0.4 is 4.74 Å². The molecule has 4 rings (SSSR count). The SMILES string of the molecule is CC[C@H](C)[C@@H](C(=O)OCc1nc(-c2cccc(OC)c2)no1)N1C(=O)c2ccccc2C1=O. The minimum Gasteiger partial charge on any atom is -0.497 e. The fraction of sp³-hybridized carbons (Fsp3) is 0.292. The molecule has 0 bridgehead atoms. The summed E-state index contributed by atoms with van der Waals surface area (Å²) in [5.74, 6) is -0.977. The number of imide groups is 1. The Morgan fingerprint density at radius 2 is 1.79 bits per heavy atom. The van der Waals surface area contributed by atoms with Gasteiger partial charge in [0.05, 0.1) is 18.2 Å². The Labute approximate surface area is 190 Å². The van der Waals surface area contributed by atoms with Crippen molar-refractivity contribution >= 4 is 17.8 Å². The van der Waals surface area contributed by atoms with Gasteiger partial charge in [-0.3, -0.25) is 14.5 Å². The summed E-state index contributed by atoms with van der Waals surface area (Å²) in [5, 5.41) is 3.91. The van der Waals surface area contributed by atoms with Gasteiger partial charge in [0.15, 0.2) is 6.61 Å². The highest BCUT2D eigenvalue weighted by atomic mass is 16.6. The molecule has 1 aliphatic rings. The number of ether oxygens (including phenoxy) is 2. The first-order valence-corrected chi connectivity index (χ1v) is 10.5. The van der Waals surface area contributed by atoms with E-state index in [2.05, 4.69) is 10.1 Å². The summed E-state index contributed by atoms with van der Waals surface area (Å²) >= 11 is 0. The minimum atomic E-state index is -1.07. The highest BCUT2D eigenvalue weighted by molar-refractivity contribution is 6.22. The molecule has 0 saturated carbocycles. The van der Waals surface area contributed by atoms with Crippen molar-refractivity contribution in [2.24, 2.45) is 5.92 Å². The van der Waals surface area contributed by atoms with Crippen molar-refractivity contribution in [3.8, 4) is 17.1 Å². The number of amides is 2. The number of aromatic nitrogens is 2. The van der Waals surface area contributed by atoms with Gasteiger partial charge in [0.2, 0.25) is 5.82 Å². The number of hydrogen-bond donors (Lipinski definition) is 0. The van der Waals surface area contributed by atoms with Crippen LogP contribution in [0.4, 0.5) is 0 Å². The molecule has 33 heavy (non-hydrogen) atoms. The third-order valence-corrected chi connectivity index (χ3v) is 5.66. The predicted molar refractivity (Wildman–Crippen MR) is 116 cm³/mol. The molecular weight excluding hydrogens is 426 g/mol. The molecule has 3 aromatic rings. The Morgan fingerprint density at radius 3 is 2.42 bits per heavy atom. The summed E-state index contributed by atoms with van der Waals surface area (Å²) in [6.07, 6.45) is 0.563. The number of carbonyl (C=O) groups is 3. The maximum Gasteiger partial charge on any atom is 0.330 e. The lowest BCUT2D eigenvalue weighted by molar-refractivity contribution is -0.152. The Hall–Kier alpha value is -4.01. The summed E-state index contributed by atoms with van der Waals surface area (Å²) < 4.78 is 15.8. The van der Waals surface area contributed by atoms with Crippen molar-refractivity contribution in [3.05, 3.63) is 65.5 Å². The molecule has 2 heterocycles. The highest BCUT2D eigenvalue weighted by Crippen LogP contribution is 2.29. The van der Waals surface area contributed by atoms with Crippen LogP contribution >= 0.6 is 0 Å². The molecular formula is C24H23N3O6. The normalized spacial score (nSPS) is 14.7. The van der Waals surface area contributed by atoms with E-state index >= 15 is 0 Å². The number of nitrogens with zero attached hydrogens (tertiary/aromatic N) is 3. The van der Waals surface area contributed by atoms with Crippen molar-refractivity contribution in [1.82, 2.24) is 15.0 Å². The van der Waals surface area contributed by atoms with Gasteiger partial charge in [-0.25, -0.2) is 4.79 Å². The van der Waals surface area contributed by atoms with E-state index in [9.17, 15) is 14.4 Å². The van der Waals surface area contributed by atoms with Gasteiger partial charge in [0.1, 0.15) is 11.8 Å². The average molecular weight is 449 g/mol. The lowest BCUT2D eigenvalue weighted by atomic mass is 9.97. The number of hydrogen-bond acceptors (Lipinski definition) is 8. The van der Waals surface area contributed by atoms with Crippen molar-refractivity contribution in [2.75, 3.05) is 7.11 Å². The Morgan fingerprint density at radius 1 is 1.09 bits per heavy atom. The van der Waals surface area contributed by atoms with Crippen LogP contribution in [0, 0.1) is 5.92 Å². The third kappa shape index (κ3) is 4.21. The topological polar surface area (TPSA) is 112 Å². The molecule has 9 heteroatoms. The van der Waals surface area contributed by atoms with Gasteiger partial charge >= 0.3 is 5.97 Å². The molecule has 170 valence electrons. The monoisotopic (exact) mass is 449 g/mol. The second kappa shape index (κ2) is 9.23. The molecule has 0 unspecified atom stereocenters. The summed E-state index contributed by atoms with van der Waals surface area (Å²) in [6.45, 7) is 3.39. The first kappa shape index (κ1) is 22.2. The molecule has 0 fully saturated rings. The van der Waals surface area contributed by atoms with Gasteiger partial charge in [-0.15, -0.1) is 0 Å². The average Bonchev–Trinajstić information content (AvgIpc) is 3.42. The van der Waals surface area contributed by atoms with Gasteiger partial charge in [-0.2, -0.15) is 4.98 Å². The van der Waals surface area contributed by atoms with Crippen molar-refractivity contribution in [3.63, 3.8) is 0 Å². The van der Waals surface area contributed by atoms with Gasteiger partial charge in [-0.1, -0.05) is 49.7 Å². The lowest BCUT2D eigenvalue weighted by Crippen LogP contribution is -2.49. The molecule has 2 atom stereocenters. The zero-order valence-electron chi connectivity index (χ0n) is 18.5. The molecule has 0 N–H and O–H groups in total. The van der Waals surface area contributed by atoms with Crippen LogP contribution in [0.2, 0.25) is 0 Å². The van der Waals surface area contributed by atoms with Gasteiger partial charge in [0.25, 0.3) is 17.7 Å². The first-order valence-electron chi connectivity index (χ1n) is 10.5. The van der Waals surface area contributed by atoms with E-state index in [0.717, 1.165) is 4.90 Å². The van der Waals surface area contributed by atoms with Crippen LogP contribution in [-0.2, 0) is 16.1 Å². The fourth-order valence-corrected chi connectivity index (χ4v) is 3.69. The van der Waals surface area contributed by atoms with Crippen LogP contribution in [0.15, 0.2) is 53.1 Å². The van der Waals surface area contributed by atoms with E-state index in [0.29, 0.717) is 23.6 Å². The van der Waals surface area contributed by atoms with Gasteiger partial charge in [-0.05, 0) is 30.2 Å².